The average Bonchev–Trinajstić information content (AvgIpc) is 2.90. The maximum Gasteiger partial charge on any atom is 0.236 e. The van der Waals surface area contributed by atoms with Crippen LogP contribution < -0.4 is 5.32 Å². The number of piperidine rings is 1. The second-order valence-electron chi connectivity index (χ2n) is 5.66. The number of hydrogen-bond acceptors (Lipinski definition) is 2. The third kappa shape index (κ3) is 3.70. The van der Waals surface area contributed by atoms with Gasteiger partial charge in [0.1, 0.15) is 0 Å². The maximum absolute atomic E-state index is 12.0. The predicted molar refractivity (Wildman–Crippen MR) is 69.9 cm³/mol. The number of rotatable bonds is 4. The van der Waals surface area contributed by atoms with Crippen LogP contribution in [-0.2, 0) is 4.79 Å². The van der Waals surface area contributed by atoms with Crippen LogP contribution in [0.3, 0.4) is 0 Å². The Morgan fingerprint density at radius 3 is 2.47 bits per heavy atom. The summed E-state index contributed by atoms with van der Waals surface area (Å²) < 4.78 is 0. The lowest BCUT2D eigenvalue weighted by Gasteiger charge is -2.28. The largest absolute Gasteiger partial charge is 0.342 e. The van der Waals surface area contributed by atoms with E-state index in [2.05, 4.69) is 12.2 Å². The molecule has 0 aromatic rings. The minimum absolute atomic E-state index is 0.301. The van der Waals surface area contributed by atoms with Gasteiger partial charge in [-0.3, -0.25) is 4.79 Å². The Bertz CT molecular complexity index is 243. The van der Waals surface area contributed by atoms with Crippen LogP contribution in [0.1, 0.15) is 51.9 Å². The van der Waals surface area contributed by atoms with Gasteiger partial charge in [0.15, 0.2) is 0 Å². The fourth-order valence-electron chi connectivity index (χ4n) is 3.13. The zero-order valence-electron chi connectivity index (χ0n) is 11.1. The molecule has 1 aliphatic carbocycles. The SMILES string of the molecule is C[C@@H](NCC(=O)N1CCCCC1)C1CCCC1. The second-order valence-corrected chi connectivity index (χ2v) is 5.66. The van der Waals surface area contributed by atoms with Gasteiger partial charge in [0.2, 0.25) is 5.91 Å². The highest BCUT2D eigenvalue weighted by atomic mass is 16.2. The van der Waals surface area contributed by atoms with Crippen LogP contribution in [0.2, 0.25) is 0 Å². The van der Waals surface area contributed by atoms with Crippen LogP contribution in [0.25, 0.3) is 0 Å². The molecule has 1 saturated carbocycles. The van der Waals surface area contributed by atoms with Crippen LogP contribution in [0, 0.1) is 5.92 Å². The summed E-state index contributed by atoms with van der Waals surface area (Å²) in [7, 11) is 0. The molecule has 0 spiro atoms. The zero-order chi connectivity index (χ0) is 12.1. The van der Waals surface area contributed by atoms with Crippen molar-refractivity contribution in [1.29, 1.82) is 0 Å². The Kier molecular flexibility index (Phi) is 4.84. The highest BCUT2D eigenvalue weighted by molar-refractivity contribution is 5.78. The Hall–Kier alpha value is -0.570. The Labute approximate surface area is 105 Å². The minimum atomic E-state index is 0.301. The van der Waals surface area contributed by atoms with Gasteiger partial charge in [-0.2, -0.15) is 0 Å². The second kappa shape index (κ2) is 6.39. The average molecular weight is 238 g/mol. The fourth-order valence-corrected chi connectivity index (χ4v) is 3.13. The van der Waals surface area contributed by atoms with Gasteiger partial charge in [-0.25, -0.2) is 0 Å². The van der Waals surface area contributed by atoms with E-state index in [9.17, 15) is 4.79 Å². The summed E-state index contributed by atoms with van der Waals surface area (Å²) >= 11 is 0. The molecular weight excluding hydrogens is 212 g/mol. The van der Waals surface area contributed by atoms with E-state index < -0.39 is 0 Å². The van der Waals surface area contributed by atoms with Gasteiger partial charge in [-0.05, 0) is 44.9 Å². The van der Waals surface area contributed by atoms with E-state index in [1.54, 1.807) is 0 Å². The van der Waals surface area contributed by atoms with E-state index in [1.807, 2.05) is 4.90 Å². The Balaban J connectivity index is 1.67. The summed E-state index contributed by atoms with van der Waals surface area (Å²) in [4.78, 5) is 14.0. The van der Waals surface area contributed by atoms with Crippen molar-refractivity contribution >= 4 is 5.91 Å². The summed E-state index contributed by atoms with van der Waals surface area (Å²) in [6, 6.07) is 0.506. The first-order valence-corrected chi connectivity index (χ1v) is 7.28. The molecule has 0 unspecified atom stereocenters. The lowest BCUT2D eigenvalue weighted by atomic mass is 10.00. The summed E-state index contributed by atoms with van der Waals surface area (Å²) in [6.07, 6.45) is 9.08. The van der Waals surface area contributed by atoms with Gasteiger partial charge in [0, 0.05) is 19.1 Å². The smallest absolute Gasteiger partial charge is 0.236 e. The Morgan fingerprint density at radius 2 is 1.82 bits per heavy atom. The molecule has 1 aliphatic heterocycles. The molecule has 0 aromatic carbocycles. The molecule has 1 saturated heterocycles. The van der Waals surface area contributed by atoms with Crippen molar-refractivity contribution in [2.45, 2.75) is 57.9 Å². The van der Waals surface area contributed by atoms with E-state index in [0.29, 0.717) is 18.5 Å². The lowest BCUT2D eigenvalue weighted by molar-refractivity contribution is -0.131. The number of hydrogen-bond donors (Lipinski definition) is 1. The van der Waals surface area contributed by atoms with Crippen molar-refractivity contribution in [3.63, 3.8) is 0 Å². The van der Waals surface area contributed by atoms with Gasteiger partial charge < -0.3 is 10.2 Å². The lowest BCUT2D eigenvalue weighted by Crippen LogP contribution is -2.44. The molecule has 0 bridgehead atoms. The molecule has 2 fully saturated rings. The number of nitrogens with one attached hydrogen (secondary N) is 1. The molecule has 3 nitrogen and oxygen atoms in total. The fraction of sp³-hybridized carbons (Fsp3) is 0.929. The summed E-state index contributed by atoms with van der Waals surface area (Å²) in [5.74, 6) is 1.10. The maximum atomic E-state index is 12.0. The molecular formula is C14H26N2O. The van der Waals surface area contributed by atoms with Gasteiger partial charge in [-0.1, -0.05) is 12.8 Å². The third-order valence-corrected chi connectivity index (χ3v) is 4.39. The summed E-state index contributed by atoms with van der Waals surface area (Å²) in [5.41, 5.74) is 0. The van der Waals surface area contributed by atoms with Crippen LogP contribution in [0.15, 0.2) is 0 Å². The van der Waals surface area contributed by atoms with Crippen LogP contribution in [0.4, 0.5) is 0 Å². The molecule has 1 atom stereocenters. The Morgan fingerprint density at radius 1 is 1.18 bits per heavy atom. The van der Waals surface area contributed by atoms with Gasteiger partial charge in [0.25, 0.3) is 0 Å². The number of carbonyl (C=O) groups is 1. The topological polar surface area (TPSA) is 32.3 Å². The quantitative estimate of drug-likeness (QED) is 0.814. The van der Waals surface area contributed by atoms with Crippen LogP contribution in [-0.4, -0.2) is 36.5 Å². The molecule has 1 heterocycles. The monoisotopic (exact) mass is 238 g/mol. The third-order valence-electron chi connectivity index (χ3n) is 4.39. The molecule has 17 heavy (non-hydrogen) atoms. The molecule has 0 radical (unpaired) electrons. The first-order valence-electron chi connectivity index (χ1n) is 7.28. The highest BCUT2D eigenvalue weighted by Gasteiger charge is 2.22. The van der Waals surface area contributed by atoms with E-state index in [-0.39, 0.29) is 0 Å². The summed E-state index contributed by atoms with van der Waals surface area (Å²) in [6.45, 7) is 4.72. The van der Waals surface area contributed by atoms with Gasteiger partial charge in [-0.15, -0.1) is 0 Å². The van der Waals surface area contributed by atoms with Crippen LogP contribution in [0.5, 0.6) is 0 Å². The predicted octanol–water partition coefficient (Wildman–Crippen LogP) is 2.17. The van der Waals surface area contributed by atoms with Crippen molar-refractivity contribution in [3.8, 4) is 0 Å². The number of nitrogens with zero attached hydrogens (tertiary/aromatic N) is 1. The molecule has 1 N–H and O–H groups in total. The van der Waals surface area contributed by atoms with Crippen LogP contribution >= 0.6 is 0 Å². The first kappa shape index (κ1) is 12.9. The normalized spacial score (nSPS) is 23.9. The minimum Gasteiger partial charge on any atom is -0.342 e. The molecule has 1 amide bonds. The van der Waals surface area contributed by atoms with Crippen molar-refractivity contribution < 1.29 is 4.79 Å². The van der Waals surface area contributed by atoms with Gasteiger partial charge >= 0.3 is 0 Å². The van der Waals surface area contributed by atoms with Gasteiger partial charge in [0.05, 0.1) is 6.54 Å². The number of amides is 1. The zero-order valence-corrected chi connectivity index (χ0v) is 11.1. The van der Waals surface area contributed by atoms with E-state index in [0.717, 1.165) is 19.0 Å². The van der Waals surface area contributed by atoms with E-state index in [4.69, 9.17) is 0 Å². The number of carbonyl (C=O) groups excluding carboxylic acids is 1. The van der Waals surface area contributed by atoms with E-state index >= 15 is 0 Å². The first-order chi connectivity index (χ1) is 8.27. The molecule has 3 heteroatoms. The van der Waals surface area contributed by atoms with Crippen molar-refractivity contribution in [1.82, 2.24) is 10.2 Å². The standard InChI is InChI=1S/C14H26N2O/c1-12(13-7-3-4-8-13)15-11-14(17)16-9-5-2-6-10-16/h12-13,15H,2-11H2,1H3/t12-/m1/s1. The van der Waals surface area contributed by atoms with E-state index in [1.165, 1.54) is 44.9 Å². The molecule has 2 rings (SSSR count). The molecule has 98 valence electrons. The number of likely N-dealkylation sites (tertiary alicyclic amines) is 1. The molecule has 2 aliphatic rings. The van der Waals surface area contributed by atoms with Crippen molar-refractivity contribution in [3.05, 3.63) is 0 Å². The summed E-state index contributed by atoms with van der Waals surface area (Å²) in [5, 5.41) is 3.43. The molecule has 0 aromatic heterocycles. The van der Waals surface area contributed by atoms with Crippen molar-refractivity contribution in [2.24, 2.45) is 5.92 Å². The highest BCUT2D eigenvalue weighted by Crippen LogP contribution is 2.27. The van der Waals surface area contributed by atoms with Crippen molar-refractivity contribution in [2.75, 3.05) is 19.6 Å².